The summed E-state index contributed by atoms with van der Waals surface area (Å²) in [5.41, 5.74) is 0.133. The lowest BCUT2D eigenvalue weighted by molar-refractivity contribution is 0.248. The van der Waals surface area contributed by atoms with Crippen molar-refractivity contribution in [2.45, 2.75) is 40.0 Å². The molecule has 0 bridgehead atoms. The van der Waals surface area contributed by atoms with Gasteiger partial charge in [-0.05, 0) is 36.8 Å². The monoisotopic (exact) mass is 393 g/mol. The lowest BCUT2D eigenvalue weighted by Crippen LogP contribution is -2.34. The topological polar surface area (TPSA) is 38.2 Å². The Morgan fingerprint density at radius 1 is 1.11 bits per heavy atom. The Morgan fingerprint density at radius 3 is 2.32 bits per heavy atom. The highest BCUT2D eigenvalue weighted by Crippen LogP contribution is 2.32. The third-order valence-electron chi connectivity index (χ3n) is 5.05. The van der Waals surface area contributed by atoms with Gasteiger partial charge in [0.25, 0.3) is 5.88 Å². The molecule has 2 heterocycles. The van der Waals surface area contributed by atoms with E-state index in [9.17, 15) is 13.2 Å². The molecule has 0 aliphatic carbocycles. The zero-order chi connectivity index (χ0) is 20.3. The second-order valence-corrected chi connectivity index (χ2v) is 7.68. The quantitative estimate of drug-likeness (QED) is 0.674. The number of anilines is 1. The van der Waals surface area contributed by atoms with Crippen LogP contribution < -0.4 is 9.64 Å². The van der Waals surface area contributed by atoms with E-state index in [0.29, 0.717) is 19.0 Å². The number of ether oxygens (including phenoxy) is 1. The van der Waals surface area contributed by atoms with E-state index >= 15 is 0 Å². The third-order valence-corrected chi connectivity index (χ3v) is 5.05. The van der Waals surface area contributed by atoms with Gasteiger partial charge in [-0.2, -0.15) is 9.37 Å². The molecular formula is C21H26F3N3O. The van der Waals surface area contributed by atoms with Crippen molar-refractivity contribution in [3.63, 3.8) is 0 Å². The Hall–Kier alpha value is -2.31. The molecule has 1 aliphatic heterocycles. The van der Waals surface area contributed by atoms with Gasteiger partial charge < -0.3 is 9.64 Å². The number of aromatic nitrogens is 2. The molecule has 0 radical (unpaired) electrons. The van der Waals surface area contributed by atoms with Gasteiger partial charge in [-0.15, -0.1) is 0 Å². The van der Waals surface area contributed by atoms with Crippen LogP contribution in [0.2, 0.25) is 0 Å². The molecule has 4 nitrogen and oxygen atoms in total. The van der Waals surface area contributed by atoms with Crippen molar-refractivity contribution in [2.75, 3.05) is 24.6 Å². The van der Waals surface area contributed by atoms with E-state index in [1.807, 2.05) is 13.8 Å². The zero-order valence-corrected chi connectivity index (χ0v) is 16.5. The smallest absolute Gasteiger partial charge is 0.254 e. The Bertz CT molecular complexity index is 798. The number of nitrogens with zero attached hydrogens (tertiary/aromatic N) is 3. The van der Waals surface area contributed by atoms with Crippen molar-refractivity contribution in [3.05, 3.63) is 35.8 Å². The number of benzene rings is 1. The number of piperidine rings is 1. The van der Waals surface area contributed by atoms with Crippen LogP contribution in [0.3, 0.4) is 0 Å². The molecule has 1 fully saturated rings. The molecule has 0 amide bonds. The van der Waals surface area contributed by atoms with E-state index in [0.717, 1.165) is 25.5 Å². The van der Waals surface area contributed by atoms with E-state index < -0.39 is 17.5 Å². The highest BCUT2D eigenvalue weighted by Gasteiger charge is 2.24. The third kappa shape index (κ3) is 4.56. The first-order valence-corrected chi connectivity index (χ1v) is 9.78. The second-order valence-electron chi connectivity index (χ2n) is 7.68. The highest BCUT2D eigenvalue weighted by molar-refractivity contribution is 5.62. The molecule has 1 aromatic heterocycles. The number of hydrogen-bond acceptors (Lipinski definition) is 4. The van der Waals surface area contributed by atoms with E-state index in [1.165, 1.54) is 12.1 Å². The Labute approximate surface area is 163 Å². The van der Waals surface area contributed by atoms with Crippen LogP contribution in [0, 0.1) is 29.3 Å². The summed E-state index contributed by atoms with van der Waals surface area (Å²) in [7, 11) is 0. The largest absolute Gasteiger partial charge is 0.475 e. The van der Waals surface area contributed by atoms with Gasteiger partial charge in [0.05, 0.1) is 12.8 Å². The second kappa shape index (κ2) is 8.80. The minimum Gasteiger partial charge on any atom is -0.475 e. The molecule has 1 saturated heterocycles. The van der Waals surface area contributed by atoms with Crippen molar-refractivity contribution in [1.29, 1.82) is 0 Å². The van der Waals surface area contributed by atoms with Gasteiger partial charge >= 0.3 is 0 Å². The van der Waals surface area contributed by atoms with Gasteiger partial charge in [-0.3, -0.25) is 0 Å². The van der Waals surface area contributed by atoms with Crippen LogP contribution >= 0.6 is 0 Å². The first kappa shape index (κ1) is 20.4. The Balaban J connectivity index is 1.85. The highest BCUT2D eigenvalue weighted by atomic mass is 19.1. The van der Waals surface area contributed by atoms with E-state index in [4.69, 9.17) is 4.74 Å². The molecular weight excluding hydrogens is 367 g/mol. The van der Waals surface area contributed by atoms with Gasteiger partial charge in [0.2, 0.25) is 5.82 Å². The van der Waals surface area contributed by atoms with E-state index in [2.05, 4.69) is 16.9 Å². The summed E-state index contributed by atoms with van der Waals surface area (Å²) < 4.78 is 48.7. The summed E-state index contributed by atoms with van der Waals surface area (Å²) in [6, 6.07) is 2.40. The number of hydrogen-bond donors (Lipinski definition) is 0. The fourth-order valence-electron chi connectivity index (χ4n) is 3.40. The van der Waals surface area contributed by atoms with Crippen LogP contribution in [-0.2, 0) is 0 Å². The summed E-state index contributed by atoms with van der Waals surface area (Å²) >= 11 is 0. The fourth-order valence-corrected chi connectivity index (χ4v) is 3.40. The minimum absolute atomic E-state index is 0.0169. The molecule has 7 heteroatoms. The maximum absolute atomic E-state index is 14.8. The van der Waals surface area contributed by atoms with Crippen LogP contribution in [0.25, 0.3) is 11.4 Å². The van der Waals surface area contributed by atoms with E-state index in [-0.39, 0.29) is 35.5 Å². The van der Waals surface area contributed by atoms with Gasteiger partial charge in [-0.1, -0.05) is 27.2 Å². The molecule has 0 spiro atoms. The first-order valence-electron chi connectivity index (χ1n) is 9.78. The van der Waals surface area contributed by atoms with Crippen molar-refractivity contribution >= 4 is 5.69 Å². The average Bonchev–Trinajstić information content (AvgIpc) is 2.67. The maximum atomic E-state index is 14.8. The molecule has 28 heavy (non-hydrogen) atoms. The Morgan fingerprint density at radius 2 is 1.75 bits per heavy atom. The zero-order valence-electron chi connectivity index (χ0n) is 16.5. The summed E-state index contributed by atoms with van der Waals surface area (Å²) in [5.74, 6) is -1.44. The normalized spacial score (nSPS) is 15.3. The lowest BCUT2D eigenvalue weighted by atomic mass is 9.94. The molecule has 0 atom stereocenters. The number of rotatable bonds is 6. The first-order chi connectivity index (χ1) is 13.4. The molecule has 0 N–H and O–H groups in total. The predicted molar refractivity (Wildman–Crippen MR) is 103 cm³/mol. The summed E-state index contributed by atoms with van der Waals surface area (Å²) in [6.45, 7) is 7.53. The average molecular weight is 393 g/mol. The van der Waals surface area contributed by atoms with Crippen LogP contribution in [0.15, 0.2) is 18.3 Å². The molecule has 1 aromatic carbocycles. The van der Waals surface area contributed by atoms with Crippen LogP contribution in [0.4, 0.5) is 18.9 Å². The minimum atomic E-state index is -0.708. The van der Waals surface area contributed by atoms with E-state index in [1.54, 1.807) is 4.90 Å². The van der Waals surface area contributed by atoms with Gasteiger partial charge in [0.15, 0.2) is 5.82 Å². The Kier molecular flexibility index (Phi) is 6.42. The maximum Gasteiger partial charge on any atom is 0.254 e. The summed E-state index contributed by atoms with van der Waals surface area (Å²) in [5, 5.41) is 0. The standard InChI is InChI=1S/C21H26F3N3O/c1-4-14-5-7-27(8-6-14)19-16(22)9-15(10-17(19)23)20-25-11-18(24)21(26-20)28-12-13(2)3/h9-11,13-14H,4-8,12H2,1-3H3. The summed E-state index contributed by atoms with van der Waals surface area (Å²) in [6.07, 6.45) is 3.89. The van der Waals surface area contributed by atoms with Crippen LogP contribution in [-0.4, -0.2) is 29.7 Å². The fraction of sp³-hybridized carbons (Fsp3) is 0.524. The van der Waals surface area contributed by atoms with Gasteiger partial charge in [-0.25, -0.2) is 13.8 Å². The lowest BCUT2D eigenvalue weighted by Gasteiger charge is -2.33. The molecule has 3 rings (SSSR count). The van der Waals surface area contributed by atoms with Crippen molar-refractivity contribution in [1.82, 2.24) is 9.97 Å². The van der Waals surface area contributed by atoms with Crippen molar-refractivity contribution < 1.29 is 17.9 Å². The summed E-state index contributed by atoms with van der Waals surface area (Å²) in [4.78, 5) is 9.63. The number of halogens is 3. The van der Waals surface area contributed by atoms with Crippen molar-refractivity contribution in [3.8, 4) is 17.3 Å². The van der Waals surface area contributed by atoms with Crippen LogP contribution in [0.5, 0.6) is 5.88 Å². The molecule has 152 valence electrons. The van der Waals surface area contributed by atoms with Gasteiger partial charge in [0.1, 0.15) is 17.3 Å². The van der Waals surface area contributed by atoms with Gasteiger partial charge in [0, 0.05) is 18.7 Å². The molecule has 1 aliphatic rings. The van der Waals surface area contributed by atoms with Crippen molar-refractivity contribution in [2.24, 2.45) is 11.8 Å². The molecule has 2 aromatic rings. The molecule has 0 saturated carbocycles. The molecule has 0 unspecified atom stereocenters. The van der Waals surface area contributed by atoms with Crippen LogP contribution in [0.1, 0.15) is 40.0 Å². The predicted octanol–water partition coefficient (Wildman–Crippen LogP) is 5.22. The SMILES string of the molecule is CCC1CCN(c2c(F)cc(-c3ncc(F)c(OCC(C)C)n3)cc2F)CC1.